The molecule has 1 heterocycles. The predicted molar refractivity (Wildman–Crippen MR) is 114 cm³/mol. The second kappa shape index (κ2) is 9.66. The van der Waals surface area contributed by atoms with Crippen molar-refractivity contribution in [3.8, 4) is 5.75 Å². The normalized spacial score (nSPS) is 11.1. The Morgan fingerprint density at radius 2 is 1.69 bits per heavy atom. The molecule has 0 saturated heterocycles. The maximum absolute atomic E-state index is 12.4. The van der Waals surface area contributed by atoms with Gasteiger partial charge >= 0.3 is 0 Å². The van der Waals surface area contributed by atoms with Crippen molar-refractivity contribution in [2.45, 2.75) is 13.8 Å². The Morgan fingerprint density at radius 3 is 2.34 bits per heavy atom. The van der Waals surface area contributed by atoms with Crippen molar-refractivity contribution in [2.75, 3.05) is 11.9 Å². The fourth-order valence-electron chi connectivity index (χ4n) is 2.45. The van der Waals surface area contributed by atoms with Gasteiger partial charge in [0.25, 0.3) is 11.9 Å². The van der Waals surface area contributed by atoms with Crippen LogP contribution in [0.2, 0.25) is 5.02 Å². The topological polar surface area (TPSA) is 88.5 Å². The van der Waals surface area contributed by atoms with Crippen LogP contribution in [0, 0.1) is 13.8 Å². The van der Waals surface area contributed by atoms with Crippen LogP contribution in [0.3, 0.4) is 0 Å². The van der Waals surface area contributed by atoms with E-state index in [1.54, 1.807) is 24.3 Å². The second-order valence-corrected chi connectivity index (χ2v) is 6.63. The first kappa shape index (κ1) is 20.3. The molecule has 2 aromatic carbocycles. The molecule has 2 N–H and O–H groups in total. The van der Waals surface area contributed by atoms with Crippen molar-refractivity contribution in [3.63, 3.8) is 0 Å². The van der Waals surface area contributed by atoms with Crippen molar-refractivity contribution in [1.82, 2.24) is 15.3 Å². The molecule has 0 bridgehead atoms. The van der Waals surface area contributed by atoms with E-state index < -0.39 is 0 Å². The van der Waals surface area contributed by atoms with Gasteiger partial charge in [-0.1, -0.05) is 29.8 Å². The second-order valence-electron chi connectivity index (χ2n) is 6.19. The van der Waals surface area contributed by atoms with E-state index in [1.807, 2.05) is 50.2 Å². The van der Waals surface area contributed by atoms with E-state index >= 15 is 0 Å². The Balaban J connectivity index is 1.74. The number of anilines is 1. The number of benzene rings is 2. The minimum Gasteiger partial charge on any atom is -0.484 e. The molecule has 0 aliphatic heterocycles. The summed E-state index contributed by atoms with van der Waals surface area (Å²) in [5, 5.41) is 6.37. The molecule has 3 aromatic rings. The first-order valence-corrected chi connectivity index (χ1v) is 9.27. The summed E-state index contributed by atoms with van der Waals surface area (Å²) in [6.45, 7) is 3.53. The van der Waals surface area contributed by atoms with Crippen molar-refractivity contribution in [3.05, 3.63) is 77.1 Å². The van der Waals surface area contributed by atoms with Gasteiger partial charge < -0.3 is 10.1 Å². The number of nitrogens with zero attached hydrogens (tertiary/aromatic N) is 3. The summed E-state index contributed by atoms with van der Waals surface area (Å²) in [7, 11) is 0. The Kier molecular flexibility index (Phi) is 6.76. The number of aliphatic imine (C=N–C) groups is 1. The molecule has 1 aromatic heterocycles. The Hall–Kier alpha value is -3.45. The van der Waals surface area contributed by atoms with Gasteiger partial charge in [-0.3, -0.25) is 10.1 Å². The Morgan fingerprint density at radius 1 is 1.03 bits per heavy atom. The summed E-state index contributed by atoms with van der Waals surface area (Å²) in [6.07, 6.45) is 0. The number of nitrogens with one attached hydrogen (secondary N) is 2. The van der Waals surface area contributed by atoms with Crippen molar-refractivity contribution >= 4 is 35.1 Å². The Bertz CT molecular complexity index is 987. The van der Waals surface area contributed by atoms with Crippen LogP contribution in [0.15, 0.2) is 65.7 Å². The molecule has 0 radical (unpaired) electrons. The number of guanidine groups is 1. The van der Waals surface area contributed by atoms with Gasteiger partial charge in [0.1, 0.15) is 5.75 Å². The van der Waals surface area contributed by atoms with Gasteiger partial charge in [0.05, 0.1) is 0 Å². The fraction of sp³-hybridized carbons (Fsp3) is 0.143. The van der Waals surface area contributed by atoms with E-state index in [4.69, 9.17) is 16.3 Å². The summed E-state index contributed by atoms with van der Waals surface area (Å²) < 4.78 is 5.48. The van der Waals surface area contributed by atoms with Crippen LogP contribution >= 0.6 is 11.6 Å². The molecule has 7 nitrogen and oxygen atoms in total. The standard InChI is InChI=1S/C21H20ClN5O2/c1-14-12-15(2)24-20(23-14)27-21(25-17-6-4-3-5-7-17)26-19(28)13-29-18-10-8-16(22)9-11-18/h3-12H,13H2,1-2H3,(H2,23,24,25,26,27,28). The van der Waals surface area contributed by atoms with Gasteiger partial charge in [0, 0.05) is 22.1 Å². The lowest BCUT2D eigenvalue weighted by atomic mass is 10.3. The number of halogens is 1. The van der Waals surface area contributed by atoms with Gasteiger partial charge in [-0.05, 0) is 56.3 Å². The van der Waals surface area contributed by atoms with Crippen LogP contribution in [0.5, 0.6) is 5.75 Å². The zero-order chi connectivity index (χ0) is 20.6. The smallest absolute Gasteiger partial charge is 0.264 e. The third-order valence-corrected chi connectivity index (χ3v) is 3.91. The molecule has 0 atom stereocenters. The molecule has 148 valence electrons. The average Bonchev–Trinajstić information content (AvgIpc) is 2.67. The number of amides is 1. The highest BCUT2D eigenvalue weighted by Gasteiger charge is 2.10. The number of aryl methyl sites for hydroxylation is 2. The molecule has 0 aliphatic carbocycles. The number of rotatable bonds is 5. The average molecular weight is 410 g/mol. The number of hydrogen-bond donors (Lipinski definition) is 2. The number of carbonyl (C=O) groups excluding carboxylic acids is 1. The highest BCUT2D eigenvalue weighted by molar-refractivity contribution is 6.30. The van der Waals surface area contributed by atoms with Crippen LogP contribution in [0.25, 0.3) is 0 Å². The highest BCUT2D eigenvalue weighted by Crippen LogP contribution is 2.15. The van der Waals surface area contributed by atoms with Crippen molar-refractivity contribution in [1.29, 1.82) is 0 Å². The molecule has 0 spiro atoms. The molecule has 0 aliphatic rings. The molecule has 1 amide bonds. The number of hydrogen-bond acceptors (Lipinski definition) is 5. The zero-order valence-corrected chi connectivity index (χ0v) is 16.8. The summed E-state index contributed by atoms with van der Waals surface area (Å²) in [6, 6.07) is 18.0. The molecule has 3 rings (SSSR count). The molecular weight excluding hydrogens is 390 g/mol. The SMILES string of the molecule is Cc1cc(C)nc(/N=C(\NC(=O)COc2ccc(Cl)cc2)Nc2ccccc2)n1. The third-order valence-electron chi connectivity index (χ3n) is 3.66. The summed E-state index contributed by atoms with van der Waals surface area (Å²) in [5.74, 6) is 0.606. The van der Waals surface area contributed by atoms with E-state index in [0.29, 0.717) is 10.8 Å². The lowest BCUT2D eigenvalue weighted by molar-refractivity contribution is -0.121. The minimum atomic E-state index is -0.383. The number of para-hydroxylation sites is 1. The third kappa shape index (κ3) is 6.58. The molecule has 29 heavy (non-hydrogen) atoms. The van der Waals surface area contributed by atoms with Crippen LogP contribution in [0.4, 0.5) is 11.6 Å². The quantitative estimate of drug-likeness (QED) is 0.490. The van der Waals surface area contributed by atoms with E-state index in [9.17, 15) is 4.79 Å². The minimum absolute atomic E-state index is 0.190. The molecular formula is C21H20ClN5O2. The number of aromatic nitrogens is 2. The van der Waals surface area contributed by atoms with Crippen LogP contribution in [-0.2, 0) is 4.79 Å². The van der Waals surface area contributed by atoms with Crippen LogP contribution in [0.1, 0.15) is 11.4 Å². The van der Waals surface area contributed by atoms with E-state index in [0.717, 1.165) is 17.1 Å². The van der Waals surface area contributed by atoms with Gasteiger partial charge in [0.2, 0.25) is 5.96 Å². The van der Waals surface area contributed by atoms with E-state index in [2.05, 4.69) is 25.6 Å². The maximum atomic E-state index is 12.4. The molecule has 0 saturated carbocycles. The maximum Gasteiger partial charge on any atom is 0.264 e. The monoisotopic (exact) mass is 409 g/mol. The Labute approximate surface area is 173 Å². The first-order chi connectivity index (χ1) is 14.0. The lowest BCUT2D eigenvalue weighted by Crippen LogP contribution is -2.38. The molecule has 0 fully saturated rings. The first-order valence-electron chi connectivity index (χ1n) is 8.89. The molecule has 0 unspecified atom stereocenters. The summed E-state index contributed by atoms with van der Waals surface area (Å²) in [5.41, 5.74) is 2.33. The molecule has 8 heteroatoms. The summed E-state index contributed by atoms with van der Waals surface area (Å²) in [4.78, 5) is 25.3. The highest BCUT2D eigenvalue weighted by atomic mass is 35.5. The van der Waals surface area contributed by atoms with Gasteiger partial charge in [-0.2, -0.15) is 4.99 Å². The van der Waals surface area contributed by atoms with Gasteiger partial charge in [0.15, 0.2) is 6.61 Å². The van der Waals surface area contributed by atoms with Gasteiger partial charge in [-0.15, -0.1) is 0 Å². The summed E-state index contributed by atoms with van der Waals surface area (Å²) >= 11 is 5.85. The van der Waals surface area contributed by atoms with E-state index in [-0.39, 0.29) is 24.4 Å². The van der Waals surface area contributed by atoms with Crippen molar-refractivity contribution in [2.24, 2.45) is 4.99 Å². The largest absolute Gasteiger partial charge is 0.484 e. The lowest BCUT2D eigenvalue weighted by Gasteiger charge is -2.12. The van der Waals surface area contributed by atoms with Crippen molar-refractivity contribution < 1.29 is 9.53 Å². The van der Waals surface area contributed by atoms with Crippen LogP contribution < -0.4 is 15.4 Å². The van der Waals surface area contributed by atoms with Gasteiger partial charge in [-0.25, -0.2) is 9.97 Å². The zero-order valence-electron chi connectivity index (χ0n) is 16.0. The fourth-order valence-corrected chi connectivity index (χ4v) is 2.58. The van der Waals surface area contributed by atoms with Crippen LogP contribution in [-0.4, -0.2) is 28.4 Å². The predicted octanol–water partition coefficient (Wildman–Crippen LogP) is 4.04. The number of carbonyl (C=O) groups is 1. The number of ether oxygens (including phenoxy) is 1. The van der Waals surface area contributed by atoms with E-state index in [1.165, 1.54) is 0 Å².